The van der Waals surface area contributed by atoms with Crippen LogP contribution in [0.1, 0.15) is 46.7 Å². The topological polar surface area (TPSA) is 69.6 Å². The standard InChI is InChI=1S/C15H19NO3S/c17-10-4-5-11-8-9-14(20-11)15(19)16-12-6-2-1-3-7-13(12)18/h8-9,12-13,17-18H,1-3,6-7,10H2,(H,16,19). The summed E-state index contributed by atoms with van der Waals surface area (Å²) < 4.78 is 0. The molecule has 1 heterocycles. The molecule has 3 N–H and O–H groups in total. The van der Waals surface area contributed by atoms with Gasteiger partial charge in [-0.05, 0) is 25.0 Å². The molecule has 0 radical (unpaired) electrons. The minimum atomic E-state index is -0.449. The Kier molecular flexibility index (Phi) is 5.60. The maximum Gasteiger partial charge on any atom is 0.261 e. The summed E-state index contributed by atoms with van der Waals surface area (Å²) in [5.74, 6) is 5.18. The fourth-order valence-corrected chi connectivity index (χ4v) is 3.13. The fourth-order valence-electron chi connectivity index (χ4n) is 2.35. The Bertz CT molecular complexity index is 515. The van der Waals surface area contributed by atoms with Gasteiger partial charge in [0.2, 0.25) is 0 Å². The fraction of sp³-hybridized carbons (Fsp3) is 0.533. The van der Waals surface area contributed by atoms with Crippen LogP contribution in [0.3, 0.4) is 0 Å². The highest BCUT2D eigenvalue weighted by molar-refractivity contribution is 7.14. The SMILES string of the molecule is O=C(NC1CCCCCC1O)c1ccc(C#CCO)s1. The molecule has 1 aliphatic carbocycles. The van der Waals surface area contributed by atoms with E-state index in [-0.39, 0.29) is 18.6 Å². The van der Waals surface area contributed by atoms with Crippen molar-refractivity contribution < 1.29 is 15.0 Å². The third-order valence-electron chi connectivity index (χ3n) is 3.42. The lowest BCUT2D eigenvalue weighted by atomic mass is 10.1. The molecule has 2 unspecified atom stereocenters. The van der Waals surface area contributed by atoms with Crippen molar-refractivity contribution in [3.8, 4) is 11.8 Å². The number of amides is 1. The number of rotatable bonds is 2. The first-order chi connectivity index (χ1) is 9.70. The van der Waals surface area contributed by atoms with Crippen molar-refractivity contribution in [1.82, 2.24) is 5.32 Å². The van der Waals surface area contributed by atoms with E-state index in [0.29, 0.717) is 4.88 Å². The monoisotopic (exact) mass is 293 g/mol. The van der Waals surface area contributed by atoms with Gasteiger partial charge in [-0.15, -0.1) is 11.3 Å². The van der Waals surface area contributed by atoms with Gasteiger partial charge in [-0.25, -0.2) is 0 Å². The van der Waals surface area contributed by atoms with E-state index in [1.54, 1.807) is 12.1 Å². The normalized spacial score (nSPS) is 22.5. The third kappa shape index (κ3) is 4.07. The molecular formula is C15H19NO3S. The van der Waals surface area contributed by atoms with Gasteiger partial charge >= 0.3 is 0 Å². The molecule has 1 amide bonds. The predicted molar refractivity (Wildman–Crippen MR) is 78.6 cm³/mol. The Morgan fingerprint density at radius 3 is 2.95 bits per heavy atom. The summed E-state index contributed by atoms with van der Waals surface area (Å²) >= 11 is 1.30. The molecule has 0 aliphatic heterocycles. The van der Waals surface area contributed by atoms with Gasteiger partial charge in [0, 0.05) is 0 Å². The van der Waals surface area contributed by atoms with E-state index in [4.69, 9.17) is 5.11 Å². The van der Waals surface area contributed by atoms with Crippen LogP contribution in [0.15, 0.2) is 12.1 Å². The minimum absolute atomic E-state index is 0.154. The van der Waals surface area contributed by atoms with Gasteiger partial charge in [-0.1, -0.05) is 31.1 Å². The van der Waals surface area contributed by atoms with E-state index in [1.807, 2.05) is 0 Å². The maximum atomic E-state index is 12.1. The molecule has 1 saturated carbocycles. The predicted octanol–water partition coefficient (Wildman–Crippen LogP) is 1.52. The molecule has 4 nitrogen and oxygen atoms in total. The first kappa shape index (κ1) is 15.0. The number of thiophene rings is 1. The Hall–Kier alpha value is -1.35. The van der Waals surface area contributed by atoms with Gasteiger partial charge in [0.05, 0.1) is 21.9 Å². The van der Waals surface area contributed by atoms with Crippen LogP contribution in [-0.4, -0.2) is 34.9 Å². The van der Waals surface area contributed by atoms with Crippen molar-refractivity contribution in [3.05, 3.63) is 21.9 Å². The quantitative estimate of drug-likeness (QED) is 0.572. The molecule has 0 spiro atoms. The summed E-state index contributed by atoms with van der Waals surface area (Å²) in [5, 5.41) is 21.6. The minimum Gasteiger partial charge on any atom is -0.391 e. The number of aliphatic hydroxyl groups is 2. The van der Waals surface area contributed by atoms with Gasteiger partial charge in [0.15, 0.2) is 0 Å². The van der Waals surface area contributed by atoms with Crippen LogP contribution in [0, 0.1) is 11.8 Å². The molecule has 5 heteroatoms. The third-order valence-corrected chi connectivity index (χ3v) is 4.42. The molecule has 1 aromatic rings. The molecule has 2 atom stereocenters. The number of hydrogen-bond donors (Lipinski definition) is 3. The Balaban J connectivity index is 1.98. The number of aliphatic hydroxyl groups excluding tert-OH is 2. The van der Waals surface area contributed by atoms with Crippen LogP contribution in [-0.2, 0) is 0 Å². The summed E-state index contributed by atoms with van der Waals surface area (Å²) in [6.45, 7) is -0.187. The molecule has 20 heavy (non-hydrogen) atoms. The summed E-state index contributed by atoms with van der Waals surface area (Å²) in [5.41, 5.74) is 0. The van der Waals surface area contributed by atoms with Crippen molar-refractivity contribution in [2.24, 2.45) is 0 Å². The van der Waals surface area contributed by atoms with Gasteiger partial charge in [0.1, 0.15) is 6.61 Å². The molecule has 0 aromatic carbocycles. The van der Waals surface area contributed by atoms with Crippen molar-refractivity contribution in [3.63, 3.8) is 0 Å². The van der Waals surface area contributed by atoms with Gasteiger partial charge < -0.3 is 15.5 Å². The Labute approximate surface area is 122 Å². The molecule has 1 fully saturated rings. The average Bonchev–Trinajstić information content (AvgIpc) is 2.83. The Morgan fingerprint density at radius 1 is 1.35 bits per heavy atom. The largest absolute Gasteiger partial charge is 0.391 e. The van der Waals surface area contributed by atoms with E-state index >= 15 is 0 Å². The highest BCUT2D eigenvalue weighted by atomic mass is 32.1. The van der Waals surface area contributed by atoms with Gasteiger partial charge in [0.25, 0.3) is 5.91 Å². The van der Waals surface area contributed by atoms with Crippen LogP contribution in [0.5, 0.6) is 0 Å². The summed E-state index contributed by atoms with van der Waals surface area (Å²) in [4.78, 5) is 13.5. The second kappa shape index (κ2) is 7.44. The van der Waals surface area contributed by atoms with Crippen molar-refractivity contribution in [2.75, 3.05) is 6.61 Å². The van der Waals surface area contributed by atoms with Gasteiger partial charge in [-0.3, -0.25) is 4.79 Å². The molecule has 1 aromatic heterocycles. The number of carbonyl (C=O) groups excluding carboxylic acids is 1. The van der Waals surface area contributed by atoms with E-state index in [2.05, 4.69) is 17.2 Å². The van der Waals surface area contributed by atoms with Crippen molar-refractivity contribution >= 4 is 17.2 Å². The zero-order valence-electron chi connectivity index (χ0n) is 11.3. The lowest BCUT2D eigenvalue weighted by Crippen LogP contribution is -2.42. The molecule has 0 bridgehead atoms. The van der Waals surface area contributed by atoms with E-state index in [0.717, 1.165) is 37.0 Å². The zero-order valence-corrected chi connectivity index (χ0v) is 12.1. The molecule has 0 saturated heterocycles. The first-order valence-electron chi connectivity index (χ1n) is 6.89. The van der Waals surface area contributed by atoms with Crippen LogP contribution in [0.2, 0.25) is 0 Å². The zero-order chi connectivity index (χ0) is 14.4. The van der Waals surface area contributed by atoms with Crippen molar-refractivity contribution in [1.29, 1.82) is 0 Å². The van der Waals surface area contributed by atoms with E-state index in [9.17, 15) is 9.90 Å². The molecular weight excluding hydrogens is 274 g/mol. The lowest BCUT2D eigenvalue weighted by molar-refractivity contribution is 0.0822. The average molecular weight is 293 g/mol. The lowest BCUT2D eigenvalue weighted by Gasteiger charge is -2.21. The van der Waals surface area contributed by atoms with Gasteiger partial charge in [-0.2, -0.15) is 0 Å². The number of nitrogens with one attached hydrogen (secondary N) is 1. The van der Waals surface area contributed by atoms with Crippen LogP contribution in [0.4, 0.5) is 0 Å². The summed E-state index contributed by atoms with van der Waals surface area (Å²) in [6, 6.07) is 3.34. The summed E-state index contributed by atoms with van der Waals surface area (Å²) in [6.07, 6.45) is 4.31. The second-order valence-corrected chi connectivity index (χ2v) is 5.99. The number of hydrogen-bond acceptors (Lipinski definition) is 4. The van der Waals surface area contributed by atoms with E-state index < -0.39 is 6.10 Å². The Morgan fingerprint density at radius 2 is 2.15 bits per heavy atom. The molecule has 1 aliphatic rings. The van der Waals surface area contributed by atoms with Crippen molar-refractivity contribution in [2.45, 2.75) is 44.2 Å². The molecule has 2 rings (SSSR count). The van der Waals surface area contributed by atoms with E-state index in [1.165, 1.54) is 11.3 Å². The number of carbonyl (C=O) groups is 1. The molecule has 108 valence electrons. The first-order valence-corrected chi connectivity index (χ1v) is 7.71. The van der Waals surface area contributed by atoms with Crippen LogP contribution >= 0.6 is 11.3 Å². The summed E-state index contributed by atoms with van der Waals surface area (Å²) in [7, 11) is 0. The van der Waals surface area contributed by atoms with Crippen LogP contribution in [0.25, 0.3) is 0 Å². The highest BCUT2D eigenvalue weighted by Gasteiger charge is 2.24. The van der Waals surface area contributed by atoms with Crippen LogP contribution < -0.4 is 5.32 Å². The second-order valence-electron chi connectivity index (χ2n) is 4.91. The maximum absolute atomic E-state index is 12.1. The smallest absolute Gasteiger partial charge is 0.261 e. The highest BCUT2D eigenvalue weighted by Crippen LogP contribution is 2.20.